The molecule has 3 atom stereocenters. The summed E-state index contributed by atoms with van der Waals surface area (Å²) >= 11 is 6.21. The molecule has 0 heterocycles. The van der Waals surface area contributed by atoms with E-state index in [-0.39, 0.29) is 22.9 Å². The number of carbonyl (C=O) groups excluding carboxylic acids is 1. The molecule has 222 valence electrons. The largest absolute Gasteiger partial charge is 0.415 e. The van der Waals surface area contributed by atoms with E-state index in [9.17, 15) is 9.00 Å². The molecule has 0 bridgehead atoms. The van der Waals surface area contributed by atoms with Crippen LogP contribution in [0.15, 0.2) is 89.8 Å². The molecule has 3 rings (SSSR count). The highest BCUT2D eigenvalue weighted by Gasteiger charge is 2.40. The zero-order valence-corrected chi connectivity index (χ0v) is 27.8. The summed E-state index contributed by atoms with van der Waals surface area (Å²) in [6.07, 6.45) is 1.42. The highest BCUT2D eigenvalue weighted by Crippen LogP contribution is 2.37. The molecule has 1 N–H and O–H groups in total. The minimum absolute atomic E-state index is 0.00398. The summed E-state index contributed by atoms with van der Waals surface area (Å²) in [6.45, 7) is 13.8. The second-order valence-electron chi connectivity index (χ2n) is 12.1. The fourth-order valence-electron chi connectivity index (χ4n) is 4.34. The zero-order valence-electron chi connectivity index (χ0n) is 25.2. The van der Waals surface area contributed by atoms with Crippen molar-refractivity contribution in [1.82, 2.24) is 9.62 Å². The SMILES string of the molecule is Cc1ccc([S@](=O)N[C@H](CCc2ccccc2)[C@@H](CO[Si](C)(C)C(C)(C)C)N(Cc2ccccc2)C(=O)CCl)cc1. The first-order chi connectivity index (χ1) is 19.4. The number of aryl methyl sites for hydroxylation is 2. The topological polar surface area (TPSA) is 58.6 Å². The van der Waals surface area contributed by atoms with E-state index in [2.05, 4.69) is 50.7 Å². The third-order valence-corrected chi connectivity index (χ3v) is 13.9. The number of hydrogen-bond donors (Lipinski definition) is 1. The third kappa shape index (κ3) is 9.89. The lowest BCUT2D eigenvalue weighted by molar-refractivity contribution is -0.133. The van der Waals surface area contributed by atoms with Crippen LogP contribution in [-0.2, 0) is 33.2 Å². The van der Waals surface area contributed by atoms with E-state index in [1.807, 2.05) is 84.6 Å². The minimum Gasteiger partial charge on any atom is -0.415 e. The average Bonchev–Trinajstić information content (AvgIpc) is 2.95. The van der Waals surface area contributed by atoms with Gasteiger partial charge >= 0.3 is 0 Å². The lowest BCUT2D eigenvalue weighted by atomic mass is 9.98. The fourth-order valence-corrected chi connectivity index (χ4v) is 6.59. The molecular formula is C33H45ClN2O3SSi. The number of nitrogens with zero attached hydrogens (tertiary/aromatic N) is 1. The second kappa shape index (κ2) is 15.3. The number of halogens is 1. The summed E-state index contributed by atoms with van der Waals surface area (Å²) in [7, 11) is -3.65. The van der Waals surface area contributed by atoms with Crippen LogP contribution in [0.3, 0.4) is 0 Å². The van der Waals surface area contributed by atoms with Crippen molar-refractivity contribution in [3.8, 4) is 0 Å². The van der Waals surface area contributed by atoms with Gasteiger partial charge < -0.3 is 9.33 Å². The number of rotatable bonds is 14. The number of hydrogen-bond acceptors (Lipinski definition) is 3. The van der Waals surface area contributed by atoms with Crippen molar-refractivity contribution in [2.24, 2.45) is 0 Å². The predicted molar refractivity (Wildman–Crippen MR) is 174 cm³/mol. The van der Waals surface area contributed by atoms with Crippen molar-refractivity contribution < 1.29 is 13.4 Å². The van der Waals surface area contributed by atoms with Gasteiger partial charge in [-0.1, -0.05) is 99.1 Å². The summed E-state index contributed by atoms with van der Waals surface area (Å²) in [4.78, 5) is 16.0. The molecule has 3 aromatic carbocycles. The molecule has 3 aromatic rings. The molecule has 0 radical (unpaired) electrons. The molecular weight excluding hydrogens is 568 g/mol. The van der Waals surface area contributed by atoms with Crippen LogP contribution in [0.5, 0.6) is 0 Å². The van der Waals surface area contributed by atoms with Gasteiger partial charge in [-0.2, -0.15) is 0 Å². The monoisotopic (exact) mass is 612 g/mol. The van der Waals surface area contributed by atoms with Crippen molar-refractivity contribution in [3.05, 3.63) is 102 Å². The van der Waals surface area contributed by atoms with Crippen LogP contribution < -0.4 is 4.72 Å². The van der Waals surface area contributed by atoms with Crippen molar-refractivity contribution in [2.75, 3.05) is 12.5 Å². The Balaban J connectivity index is 2.03. The van der Waals surface area contributed by atoms with E-state index in [0.29, 0.717) is 24.5 Å². The highest BCUT2D eigenvalue weighted by molar-refractivity contribution is 7.83. The standard InChI is InChI=1S/C33H45ClN2O3SSi/c1-26-17-20-29(21-18-26)40(38)35-30(22-19-27-13-9-7-10-14-27)31(25-39-41(5,6)33(2,3)4)36(32(37)23-34)24-28-15-11-8-12-16-28/h7-18,20-21,30-31,35H,19,22-25H2,1-6H3/t30-,31-,40+/m1/s1. The Hall–Kier alpha value is -2.29. The van der Waals surface area contributed by atoms with Gasteiger partial charge in [0.05, 0.1) is 17.5 Å². The molecule has 1 amide bonds. The first-order valence-corrected chi connectivity index (χ1v) is 18.8. The average molecular weight is 613 g/mol. The van der Waals surface area contributed by atoms with E-state index in [1.54, 1.807) is 0 Å². The maximum absolute atomic E-state index is 13.7. The van der Waals surface area contributed by atoms with E-state index in [1.165, 1.54) is 5.56 Å². The summed E-state index contributed by atoms with van der Waals surface area (Å²) in [5.74, 6) is -0.317. The van der Waals surface area contributed by atoms with Crippen LogP contribution in [0, 0.1) is 6.92 Å². The first kappa shape index (κ1) is 33.2. The van der Waals surface area contributed by atoms with Crippen LogP contribution in [0.2, 0.25) is 18.1 Å². The summed E-state index contributed by atoms with van der Waals surface area (Å²) in [6, 6.07) is 27.2. The Morgan fingerprint density at radius 3 is 2.05 bits per heavy atom. The minimum atomic E-state index is -2.17. The van der Waals surface area contributed by atoms with Gasteiger partial charge in [-0.3, -0.25) is 4.79 Å². The molecule has 0 aliphatic carbocycles. The van der Waals surface area contributed by atoms with Crippen LogP contribution in [-0.4, -0.2) is 47.9 Å². The molecule has 0 fully saturated rings. The molecule has 0 saturated carbocycles. The number of carbonyl (C=O) groups is 1. The van der Waals surface area contributed by atoms with E-state index in [0.717, 1.165) is 17.5 Å². The highest BCUT2D eigenvalue weighted by atomic mass is 35.5. The predicted octanol–water partition coefficient (Wildman–Crippen LogP) is 7.27. The van der Waals surface area contributed by atoms with Gasteiger partial charge in [-0.05, 0) is 61.2 Å². The van der Waals surface area contributed by atoms with Crippen LogP contribution in [0.4, 0.5) is 0 Å². The van der Waals surface area contributed by atoms with E-state index in [4.69, 9.17) is 16.0 Å². The van der Waals surface area contributed by atoms with Gasteiger partial charge in [0.2, 0.25) is 5.91 Å². The molecule has 0 spiro atoms. The summed E-state index contributed by atoms with van der Waals surface area (Å²) < 4.78 is 23.9. The smallest absolute Gasteiger partial charge is 0.238 e. The van der Waals surface area contributed by atoms with Gasteiger partial charge in [-0.15, -0.1) is 11.6 Å². The lowest BCUT2D eigenvalue weighted by Gasteiger charge is -2.42. The molecule has 0 saturated heterocycles. The van der Waals surface area contributed by atoms with Crippen LogP contribution >= 0.6 is 11.6 Å². The van der Waals surface area contributed by atoms with Gasteiger partial charge in [0.25, 0.3) is 0 Å². The Morgan fingerprint density at radius 2 is 1.51 bits per heavy atom. The van der Waals surface area contributed by atoms with Gasteiger partial charge in [0, 0.05) is 12.6 Å². The fraction of sp³-hybridized carbons (Fsp3) is 0.424. The maximum Gasteiger partial charge on any atom is 0.238 e. The van der Waals surface area contributed by atoms with E-state index < -0.39 is 25.3 Å². The van der Waals surface area contributed by atoms with Gasteiger partial charge in [-0.25, -0.2) is 8.93 Å². The molecule has 41 heavy (non-hydrogen) atoms. The Labute approximate surface area is 255 Å². The Morgan fingerprint density at radius 1 is 0.951 bits per heavy atom. The normalized spacial score (nSPS) is 14.3. The molecule has 5 nitrogen and oxygen atoms in total. The molecule has 0 aromatic heterocycles. The third-order valence-electron chi connectivity index (χ3n) is 8.00. The van der Waals surface area contributed by atoms with Crippen molar-refractivity contribution in [1.29, 1.82) is 0 Å². The number of benzene rings is 3. The van der Waals surface area contributed by atoms with Gasteiger partial charge in [0.15, 0.2) is 8.32 Å². The number of nitrogens with one attached hydrogen (secondary N) is 1. The van der Waals surface area contributed by atoms with E-state index >= 15 is 0 Å². The number of amides is 1. The molecule has 0 unspecified atom stereocenters. The maximum atomic E-state index is 13.7. The first-order valence-electron chi connectivity index (χ1n) is 14.2. The number of alkyl halides is 1. The Kier molecular flexibility index (Phi) is 12.4. The van der Waals surface area contributed by atoms with Crippen LogP contribution in [0.1, 0.15) is 43.9 Å². The van der Waals surface area contributed by atoms with Gasteiger partial charge in [0.1, 0.15) is 16.9 Å². The van der Waals surface area contributed by atoms with Crippen molar-refractivity contribution in [2.45, 2.75) is 82.2 Å². The van der Waals surface area contributed by atoms with Crippen molar-refractivity contribution >= 4 is 36.8 Å². The molecule has 8 heteroatoms. The van der Waals surface area contributed by atoms with Crippen LogP contribution in [0.25, 0.3) is 0 Å². The molecule has 0 aliphatic heterocycles. The zero-order chi connectivity index (χ0) is 30.0. The van der Waals surface area contributed by atoms with Crippen molar-refractivity contribution in [3.63, 3.8) is 0 Å². The molecule has 0 aliphatic rings. The summed E-state index contributed by atoms with van der Waals surface area (Å²) in [5, 5.41) is -0.00398. The summed E-state index contributed by atoms with van der Waals surface area (Å²) in [5.41, 5.74) is 3.29. The Bertz CT molecular complexity index is 1250. The quantitative estimate of drug-likeness (QED) is 0.154. The second-order valence-corrected chi connectivity index (χ2v) is 18.4. The lowest BCUT2D eigenvalue weighted by Crippen LogP contribution is -2.57.